The average Bonchev–Trinajstić information content (AvgIpc) is 2.59. The summed E-state index contributed by atoms with van der Waals surface area (Å²) in [5.41, 5.74) is 1.73. The highest BCUT2D eigenvalue weighted by Gasteiger charge is 2.16. The number of benzene rings is 2. The summed E-state index contributed by atoms with van der Waals surface area (Å²) >= 11 is 0. The molecule has 0 bridgehead atoms. The lowest BCUT2D eigenvalue weighted by atomic mass is 10.1. The lowest BCUT2D eigenvalue weighted by Crippen LogP contribution is -2.31. The van der Waals surface area contributed by atoms with Gasteiger partial charge in [-0.15, -0.1) is 0 Å². The molecule has 0 aliphatic rings. The minimum atomic E-state index is 0.0855. The van der Waals surface area contributed by atoms with Crippen LogP contribution in [-0.2, 0) is 0 Å². The van der Waals surface area contributed by atoms with E-state index in [1.54, 1.807) is 0 Å². The third-order valence-corrected chi connectivity index (χ3v) is 3.82. The van der Waals surface area contributed by atoms with Crippen LogP contribution in [0.4, 0.5) is 5.69 Å². The number of hydrogen-bond acceptors (Lipinski definition) is 1. The zero-order valence-corrected chi connectivity index (χ0v) is 13.4. The number of unbranched alkanes of at least 4 members (excludes halogenated alkanes) is 4. The van der Waals surface area contributed by atoms with Crippen molar-refractivity contribution < 1.29 is 4.79 Å². The molecule has 0 aliphatic heterocycles. The third kappa shape index (κ3) is 4.73. The molecule has 2 aromatic rings. The van der Waals surface area contributed by atoms with Gasteiger partial charge in [-0.1, -0.05) is 69.0 Å². The number of carbonyl (C=O) groups is 1. The van der Waals surface area contributed by atoms with Gasteiger partial charge in [0.25, 0.3) is 5.91 Å². The average molecular weight is 295 g/mol. The maximum atomic E-state index is 12.8. The summed E-state index contributed by atoms with van der Waals surface area (Å²) in [6, 6.07) is 19.5. The van der Waals surface area contributed by atoms with Gasteiger partial charge in [0, 0.05) is 17.8 Å². The Hall–Kier alpha value is -2.09. The van der Waals surface area contributed by atoms with Crippen molar-refractivity contribution >= 4 is 11.6 Å². The van der Waals surface area contributed by atoms with Crippen molar-refractivity contribution in [3.05, 3.63) is 66.2 Å². The van der Waals surface area contributed by atoms with Gasteiger partial charge >= 0.3 is 0 Å². The summed E-state index contributed by atoms with van der Waals surface area (Å²) in [6.45, 7) is 3.00. The SMILES string of the molecule is CCCCCCCN(C(=O)c1ccccc1)c1ccccc1. The Kier molecular flexibility index (Phi) is 6.69. The van der Waals surface area contributed by atoms with Gasteiger partial charge in [0.2, 0.25) is 0 Å². The van der Waals surface area contributed by atoms with Gasteiger partial charge in [0.15, 0.2) is 0 Å². The Morgan fingerprint density at radius 1 is 0.818 bits per heavy atom. The number of nitrogens with zero attached hydrogens (tertiary/aromatic N) is 1. The van der Waals surface area contributed by atoms with Crippen LogP contribution in [0.5, 0.6) is 0 Å². The summed E-state index contributed by atoms with van der Waals surface area (Å²) in [7, 11) is 0. The zero-order chi connectivity index (χ0) is 15.6. The molecule has 0 atom stereocenters. The van der Waals surface area contributed by atoms with Crippen LogP contribution in [0.2, 0.25) is 0 Å². The topological polar surface area (TPSA) is 20.3 Å². The molecule has 2 nitrogen and oxygen atoms in total. The van der Waals surface area contributed by atoms with Gasteiger partial charge in [0.1, 0.15) is 0 Å². The summed E-state index contributed by atoms with van der Waals surface area (Å²) < 4.78 is 0. The molecule has 116 valence electrons. The minimum Gasteiger partial charge on any atom is -0.308 e. The normalized spacial score (nSPS) is 10.4. The van der Waals surface area contributed by atoms with Crippen molar-refractivity contribution in [3.63, 3.8) is 0 Å². The van der Waals surface area contributed by atoms with Crippen LogP contribution in [0.3, 0.4) is 0 Å². The second-order valence-corrected chi connectivity index (χ2v) is 5.57. The predicted molar refractivity (Wildman–Crippen MR) is 93.3 cm³/mol. The Labute approximate surface area is 133 Å². The van der Waals surface area contributed by atoms with E-state index in [1.165, 1.54) is 25.7 Å². The number of amides is 1. The van der Waals surface area contributed by atoms with E-state index < -0.39 is 0 Å². The van der Waals surface area contributed by atoms with E-state index in [0.29, 0.717) is 0 Å². The summed E-state index contributed by atoms with van der Waals surface area (Å²) in [4.78, 5) is 14.7. The van der Waals surface area contributed by atoms with Crippen LogP contribution < -0.4 is 4.90 Å². The van der Waals surface area contributed by atoms with Crippen molar-refractivity contribution in [3.8, 4) is 0 Å². The van der Waals surface area contributed by atoms with E-state index in [2.05, 4.69) is 6.92 Å². The minimum absolute atomic E-state index is 0.0855. The second-order valence-electron chi connectivity index (χ2n) is 5.57. The first-order valence-corrected chi connectivity index (χ1v) is 8.25. The monoisotopic (exact) mass is 295 g/mol. The fourth-order valence-electron chi connectivity index (χ4n) is 2.57. The molecule has 0 spiro atoms. The van der Waals surface area contributed by atoms with Crippen molar-refractivity contribution in [1.29, 1.82) is 0 Å². The maximum Gasteiger partial charge on any atom is 0.258 e. The van der Waals surface area contributed by atoms with Crippen LogP contribution in [0.25, 0.3) is 0 Å². The molecule has 0 N–H and O–H groups in total. The molecule has 0 fully saturated rings. The number of carbonyl (C=O) groups excluding carboxylic acids is 1. The van der Waals surface area contributed by atoms with Gasteiger partial charge in [0.05, 0.1) is 0 Å². The molecule has 1 amide bonds. The summed E-state index contributed by atoms with van der Waals surface area (Å²) in [6.07, 6.45) is 5.99. The number of para-hydroxylation sites is 1. The standard InChI is InChI=1S/C20H25NO/c1-2-3-4-5-12-17-21(19-15-10-7-11-16-19)20(22)18-13-8-6-9-14-18/h6-11,13-16H,2-5,12,17H2,1H3. The number of hydrogen-bond donors (Lipinski definition) is 0. The van der Waals surface area contributed by atoms with Gasteiger partial charge < -0.3 is 4.90 Å². The molecule has 0 heterocycles. The van der Waals surface area contributed by atoms with E-state index in [-0.39, 0.29) is 5.91 Å². The second kappa shape index (κ2) is 9.04. The molecule has 0 saturated heterocycles. The molecule has 0 saturated carbocycles. The predicted octanol–water partition coefficient (Wildman–Crippen LogP) is 5.30. The van der Waals surface area contributed by atoms with Gasteiger partial charge in [-0.05, 0) is 30.7 Å². The molecule has 0 aromatic heterocycles. The van der Waals surface area contributed by atoms with Crippen LogP contribution in [-0.4, -0.2) is 12.5 Å². The molecule has 2 heteroatoms. The van der Waals surface area contributed by atoms with Crippen molar-refractivity contribution in [2.24, 2.45) is 0 Å². The van der Waals surface area contributed by atoms with Gasteiger partial charge in [-0.25, -0.2) is 0 Å². The van der Waals surface area contributed by atoms with Crippen molar-refractivity contribution in [2.75, 3.05) is 11.4 Å². The Morgan fingerprint density at radius 2 is 1.41 bits per heavy atom. The van der Waals surface area contributed by atoms with E-state index in [9.17, 15) is 4.79 Å². The molecule has 0 radical (unpaired) electrons. The quantitative estimate of drug-likeness (QED) is 0.605. The molecular formula is C20H25NO. The highest BCUT2D eigenvalue weighted by atomic mass is 16.2. The van der Waals surface area contributed by atoms with Crippen LogP contribution in [0.1, 0.15) is 49.4 Å². The Balaban J connectivity index is 2.07. The van der Waals surface area contributed by atoms with Crippen LogP contribution in [0.15, 0.2) is 60.7 Å². The first-order chi connectivity index (χ1) is 10.8. The summed E-state index contributed by atoms with van der Waals surface area (Å²) in [5.74, 6) is 0.0855. The fraction of sp³-hybridized carbons (Fsp3) is 0.350. The molecule has 0 unspecified atom stereocenters. The fourth-order valence-corrected chi connectivity index (χ4v) is 2.57. The van der Waals surface area contributed by atoms with Gasteiger partial charge in [-0.3, -0.25) is 4.79 Å². The van der Waals surface area contributed by atoms with E-state index in [0.717, 1.165) is 24.2 Å². The highest BCUT2D eigenvalue weighted by molar-refractivity contribution is 6.06. The van der Waals surface area contributed by atoms with Crippen LogP contribution >= 0.6 is 0 Å². The molecule has 2 rings (SSSR count). The first-order valence-electron chi connectivity index (χ1n) is 8.25. The van der Waals surface area contributed by atoms with Crippen LogP contribution in [0, 0.1) is 0 Å². The Bertz CT molecular complexity index is 550. The molecule has 0 aliphatic carbocycles. The number of anilines is 1. The molecule has 2 aromatic carbocycles. The smallest absolute Gasteiger partial charge is 0.258 e. The zero-order valence-electron chi connectivity index (χ0n) is 13.4. The molecule has 22 heavy (non-hydrogen) atoms. The lowest BCUT2D eigenvalue weighted by molar-refractivity contribution is 0.0986. The van der Waals surface area contributed by atoms with Gasteiger partial charge in [-0.2, -0.15) is 0 Å². The Morgan fingerprint density at radius 3 is 2.05 bits per heavy atom. The van der Waals surface area contributed by atoms with E-state index in [4.69, 9.17) is 0 Å². The van der Waals surface area contributed by atoms with Crippen molar-refractivity contribution in [1.82, 2.24) is 0 Å². The molecular weight excluding hydrogens is 270 g/mol. The van der Waals surface area contributed by atoms with E-state index in [1.807, 2.05) is 65.6 Å². The third-order valence-electron chi connectivity index (χ3n) is 3.82. The lowest BCUT2D eigenvalue weighted by Gasteiger charge is -2.23. The number of rotatable bonds is 8. The van der Waals surface area contributed by atoms with E-state index >= 15 is 0 Å². The maximum absolute atomic E-state index is 12.8. The summed E-state index contributed by atoms with van der Waals surface area (Å²) in [5, 5.41) is 0. The first kappa shape index (κ1) is 16.3. The largest absolute Gasteiger partial charge is 0.308 e. The van der Waals surface area contributed by atoms with Crippen molar-refractivity contribution in [2.45, 2.75) is 39.0 Å². The highest BCUT2D eigenvalue weighted by Crippen LogP contribution is 2.18.